The number of nitrogens with zero attached hydrogens (tertiary/aromatic N) is 3. The van der Waals surface area contributed by atoms with Crippen LogP contribution in [0.1, 0.15) is 10.6 Å². The predicted octanol–water partition coefficient (Wildman–Crippen LogP) is 2.99. The van der Waals surface area contributed by atoms with E-state index in [-0.39, 0.29) is 5.28 Å². The van der Waals surface area contributed by atoms with Crippen molar-refractivity contribution in [3.8, 4) is 0 Å². The second-order valence-corrected chi connectivity index (χ2v) is 5.13. The zero-order valence-electron chi connectivity index (χ0n) is 9.57. The Morgan fingerprint density at radius 2 is 2.33 bits per heavy atom. The molecule has 18 heavy (non-hydrogen) atoms. The summed E-state index contributed by atoms with van der Waals surface area (Å²) in [6.45, 7) is 2.63. The van der Waals surface area contributed by atoms with Crippen molar-refractivity contribution in [1.29, 1.82) is 0 Å². The van der Waals surface area contributed by atoms with Crippen molar-refractivity contribution >= 4 is 39.8 Å². The fourth-order valence-electron chi connectivity index (χ4n) is 1.79. The van der Waals surface area contributed by atoms with Gasteiger partial charge in [0.1, 0.15) is 16.5 Å². The predicted molar refractivity (Wildman–Crippen MR) is 73.1 cm³/mol. The largest absolute Gasteiger partial charge is 0.363 e. The van der Waals surface area contributed by atoms with Crippen molar-refractivity contribution in [2.24, 2.45) is 0 Å². The summed E-state index contributed by atoms with van der Waals surface area (Å²) < 4.78 is 0. The van der Waals surface area contributed by atoms with Gasteiger partial charge in [-0.1, -0.05) is 0 Å². The molecule has 5 nitrogen and oxygen atoms in total. The maximum atomic E-state index is 5.90. The molecule has 0 spiro atoms. The van der Waals surface area contributed by atoms with Gasteiger partial charge in [0.05, 0.1) is 11.9 Å². The van der Waals surface area contributed by atoms with Gasteiger partial charge in [0.2, 0.25) is 5.28 Å². The second kappa shape index (κ2) is 4.55. The Morgan fingerprint density at radius 1 is 1.44 bits per heavy atom. The highest BCUT2D eigenvalue weighted by molar-refractivity contribution is 7.09. The molecule has 0 bridgehead atoms. The number of halogens is 1. The zero-order chi connectivity index (χ0) is 12.5. The fourth-order valence-corrected chi connectivity index (χ4v) is 2.51. The van der Waals surface area contributed by atoms with Gasteiger partial charge in [-0.15, -0.1) is 11.3 Å². The van der Waals surface area contributed by atoms with Crippen LogP contribution in [0.3, 0.4) is 0 Å². The van der Waals surface area contributed by atoms with E-state index in [1.807, 2.05) is 18.5 Å². The molecule has 0 aliphatic rings. The van der Waals surface area contributed by atoms with E-state index in [0.717, 1.165) is 27.4 Å². The third-order valence-corrected chi connectivity index (χ3v) is 3.54. The molecule has 0 aliphatic carbocycles. The van der Waals surface area contributed by atoms with Crippen LogP contribution in [0.15, 0.2) is 17.8 Å². The molecule has 2 N–H and O–H groups in total. The number of fused-ring (bicyclic) bond motifs is 1. The highest BCUT2D eigenvalue weighted by Gasteiger charge is 2.10. The average Bonchev–Trinajstić information content (AvgIpc) is 2.96. The van der Waals surface area contributed by atoms with Crippen LogP contribution in [-0.4, -0.2) is 19.9 Å². The third kappa shape index (κ3) is 2.04. The van der Waals surface area contributed by atoms with Crippen molar-refractivity contribution in [3.63, 3.8) is 0 Å². The summed E-state index contributed by atoms with van der Waals surface area (Å²) >= 11 is 7.50. The minimum Gasteiger partial charge on any atom is -0.363 e. The van der Waals surface area contributed by atoms with E-state index >= 15 is 0 Å². The lowest BCUT2D eigenvalue weighted by atomic mass is 10.2. The first kappa shape index (κ1) is 11.4. The number of aryl methyl sites for hydroxylation is 1. The van der Waals surface area contributed by atoms with Crippen LogP contribution in [0, 0.1) is 6.92 Å². The van der Waals surface area contributed by atoms with E-state index in [1.165, 1.54) is 0 Å². The molecule has 3 aromatic rings. The van der Waals surface area contributed by atoms with Crippen LogP contribution in [-0.2, 0) is 6.54 Å². The van der Waals surface area contributed by atoms with Gasteiger partial charge in [0.15, 0.2) is 0 Å². The summed E-state index contributed by atoms with van der Waals surface area (Å²) in [6.07, 6.45) is 3.68. The van der Waals surface area contributed by atoms with Crippen molar-refractivity contribution in [1.82, 2.24) is 19.9 Å². The van der Waals surface area contributed by atoms with E-state index in [9.17, 15) is 0 Å². The fraction of sp³-hybridized carbons (Fsp3) is 0.182. The maximum absolute atomic E-state index is 5.90. The van der Waals surface area contributed by atoms with Gasteiger partial charge in [-0.2, -0.15) is 4.98 Å². The third-order valence-electron chi connectivity index (χ3n) is 2.59. The summed E-state index contributed by atoms with van der Waals surface area (Å²) in [6, 6.07) is 0. The lowest BCUT2D eigenvalue weighted by Gasteiger charge is -2.06. The van der Waals surface area contributed by atoms with Gasteiger partial charge >= 0.3 is 0 Å². The van der Waals surface area contributed by atoms with E-state index < -0.39 is 0 Å². The first-order valence-electron chi connectivity index (χ1n) is 5.37. The van der Waals surface area contributed by atoms with Crippen molar-refractivity contribution in [3.05, 3.63) is 33.6 Å². The Bertz CT molecular complexity index is 676. The molecular weight excluding hydrogens is 270 g/mol. The van der Waals surface area contributed by atoms with Crippen LogP contribution in [0.25, 0.3) is 11.0 Å². The van der Waals surface area contributed by atoms with E-state index in [1.54, 1.807) is 17.5 Å². The molecule has 0 unspecified atom stereocenters. The van der Waals surface area contributed by atoms with Crippen molar-refractivity contribution in [2.45, 2.75) is 13.5 Å². The summed E-state index contributed by atoms with van der Waals surface area (Å²) in [4.78, 5) is 15.7. The number of H-pyrrole nitrogens is 1. The minimum atomic E-state index is 0.228. The minimum absolute atomic E-state index is 0.228. The normalized spacial score (nSPS) is 11.0. The molecule has 0 saturated heterocycles. The molecule has 0 radical (unpaired) electrons. The Morgan fingerprint density at radius 3 is 3.11 bits per heavy atom. The van der Waals surface area contributed by atoms with Crippen LogP contribution in [0.5, 0.6) is 0 Å². The Labute approximate surface area is 112 Å². The van der Waals surface area contributed by atoms with Crippen LogP contribution in [0.4, 0.5) is 5.82 Å². The van der Waals surface area contributed by atoms with E-state index in [0.29, 0.717) is 6.54 Å². The number of aromatic amines is 1. The topological polar surface area (TPSA) is 66.5 Å². The van der Waals surface area contributed by atoms with Gasteiger partial charge < -0.3 is 10.3 Å². The van der Waals surface area contributed by atoms with Crippen LogP contribution >= 0.6 is 22.9 Å². The zero-order valence-corrected chi connectivity index (χ0v) is 11.1. The number of hydrogen-bond acceptors (Lipinski definition) is 5. The van der Waals surface area contributed by atoms with Gasteiger partial charge in [-0.3, -0.25) is 0 Å². The van der Waals surface area contributed by atoms with Crippen LogP contribution < -0.4 is 5.32 Å². The SMILES string of the molecule is Cc1c[nH]c2nc(Cl)nc(NCc3nccs3)c12. The van der Waals surface area contributed by atoms with Crippen molar-refractivity contribution < 1.29 is 0 Å². The Hall–Kier alpha value is -1.66. The molecule has 92 valence electrons. The molecule has 3 aromatic heterocycles. The number of anilines is 1. The molecule has 3 heterocycles. The van der Waals surface area contributed by atoms with Crippen molar-refractivity contribution in [2.75, 3.05) is 5.32 Å². The lowest BCUT2D eigenvalue weighted by molar-refractivity contribution is 1.07. The molecule has 0 fully saturated rings. The molecule has 3 rings (SSSR count). The average molecular weight is 280 g/mol. The molecule has 7 heteroatoms. The Balaban J connectivity index is 1.97. The van der Waals surface area contributed by atoms with Gasteiger partial charge in [-0.25, -0.2) is 9.97 Å². The van der Waals surface area contributed by atoms with E-state index in [4.69, 9.17) is 11.6 Å². The smallest absolute Gasteiger partial charge is 0.226 e. The quantitative estimate of drug-likeness (QED) is 0.723. The molecule has 0 aromatic carbocycles. The summed E-state index contributed by atoms with van der Waals surface area (Å²) in [5.41, 5.74) is 1.83. The number of rotatable bonds is 3. The molecule has 0 saturated carbocycles. The standard InChI is InChI=1S/C11H10ClN5S/c1-6-4-14-9-8(6)10(17-11(12)16-9)15-5-7-13-2-3-18-7/h2-4H,5H2,1H3,(H2,14,15,16,17). The van der Waals surface area contributed by atoms with E-state index in [2.05, 4.69) is 25.3 Å². The summed E-state index contributed by atoms with van der Waals surface area (Å²) in [5.74, 6) is 0.735. The highest BCUT2D eigenvalue weighted by Crippen LogP contribution is 2.25. The molecular formula is C11H10ClN5S. The molecule has 0 amide bonds. The summed E-state index contributed by atoms with van der Waals surface area (Å²) in [7, 11) is 0. The number of hydrogen-bond donors (Lipinski definition) is 2. The molecule has 0 atom stereocenters. The van der Waals surface area contributed by atoms with Crippen LogP contribution in [0.2, 0.25) is 5.28 Å². The van der Waals surface area contributed by atoms with Gasteiger partial charge in [0, 0.05) is 17.8 Å². The monoisotopic (exact) mass is 279 g/mol. The second-order valence-electron chi connectivity index (χ2n) is 3.82. The van der Waals surface area contributed by atoms with Gasteiger partial charge in [0.25, 0.3) is 0 Å². The maximum Gasteiger partial charge on any atom is 0.226 e. The number of aromatic nitrogens is 4. The molecule has 0 aliphatic heterocycles. The number of nitrogens with one attached hydrogen (secondary N) is 2. The van der Waals surface area contributed by atoms with Gasteiger partial charge in [-0.05, 0) is 24.1 Å². The summed E-state index contributed by atoms with van der Waals surface area (Å²) in [5, 5.41) is 7.40. The lowest BCUT2D eigenvalue weighted by Crippen LogP contribution is -2.02. The Kier molecular flexibility index (Phi) is 2.89. The number of thiazole rings is 1. The first-order chi connectivity index (χ1) is 8.74. The highest BCUT2D eigenvalue weighted by atomic mass is 35.5. The first-order valence-corrected chi connectivity index (χ1v) is 6.63.